The van der Waals surface area contributed by atoms with Crippen molar-refractivity contribution in [2.45, 2.75) is 19.9 Å². The molecule has 2 unspecified atom stereocenters. The van der Waals surface area contributed by atoms with Crippen LogP contribution in [0.2, 0.25) is 0 Å². The second-order valence-corrected chi connectivity index (χ2v) is 5.40. The highest BCUT2D eigenvalue weighted by Crippen LogP contribution is 2.24. The topological polar surface area (TPSA) is 50.9 Å². The van der Waals surface area contributed by atoms with Gasteiger partial charge in [0.2, 0.25) is 0 Å². The van der Waals surface area contributed by atoms with Crippen LogP contribution in [0.25, 0.3) is 0 Å². The van der Waals surface area contributed by atoms with Crippen LogP contribution >= 0.6 is 31.9 Å². The van der Waals surface area contributed by atoms with Crippen LogP contribution in [0.5, 0.6) is 0 Å². The molecule has 84 valence electrons. The van der Waals surface area contributed by atoms with E-state index in [4.69, 9.17) is 5.73 Å². The highest BCUT2D eigenvalue weighted by Gasteiger charge is 2.12. The van der Waals surface area contributed by atoms with Crippen molar-refractivity contribution in [2.75, 3.05) is 11.9 Å². The van der Waals surface area contributed by atoms with Crippen molar-refractivity contribution in [2.24, 2.45) is 11.7 Å². The molecule has 0 radical (unpaired) electrons. The number of rotatable bonds is 4. The average Bonchev–Trinajstić information content (AvgIpc) is 2.20. The summed E-state index contributed by atoms with van der Waals surface area (Å²) in [5.41, 5.74) is 5.61. The van der Waals surface area contributed by atoms with E-state index in [0.29, 0.717) is 18.5 Å². The minimum absolute atomic E-state index is 0.306. The molecule has 0 aliphatic carbocycles. The van der Waals surface area contributed by atoms with Crippen molar-refractivity contribution in [1.29, 1.82) is 0 Å². The number of aromatic nitrogens is 1. The van der Waals surface area contributed by atoms with E-state index >= 15 is 0 Å². The predicted octanol–water partition coefficient (Wildman–Crippen LogP) is 3.00. The van der Waals surface area contributed by atoms with Gasteiger partial charge in [0.25, 0.3) is 0 Å². The number of pyridine rings is 1. The lowest BCUT2D eigenvalue weighted by atomic mass is 10.0. The van der Waals surface area contributed by atoms with Crippen molar-refractivity contribution in [3.8, 4) is 0 Å². The highest BCUT2D eigenvalue weighted by molar-refractivity contribution is 9.11. The Bertz CT molecular complexity index is 330. The van der Waals surface area contributed by atoms with Crippen LogP contribution in [0.4, 0.5) is 5.82 Å². The van der Waals surface area contributed by atoms with E-state index in [9.17, 15) is 0 Å². The molecule has 1 rings (SSSR count). The maximum atomic E-state index is 5.61. The van der Waals surface area contributed by atoms with Crippen molar-refractivity contribution < 1.29 is 0 Å². The Balaban J connectivity index is 2.72. The van der Waals surface area contributed by atoms with Gasteiger partial charge < -0.3 is 11.1 Å². The molecule has 0 aliphatic heterocycles. The fourth-order valence-corrected chi connectivity index (χ4v) is 2.18. The molecule has 5 heteroatoms. The molecule has 3 N–H and O–H groups in total. The monoisotopic (exact) mass is 335 g/mol. The number of halogens is 2. The lowest BCUT2D eigenvalue weighted by molar-refractivity contribution is 0.520. The van der Waals surface area contributed by atoms with Crippen molar-refractivity contribution in [1.82, 2.24) is 4.98 Å². The van der Waals surface area contributed by atoms with Gasteiger partial charge in [-0.1, -0.05) is 6.92 Å². The first-order valence-electron chi connectivity index (χ1n) is 4.82. The van der Waals surface area contributed by atoms with E-state index < -0.39 is 0 Å². The molecule has 3 nitrogen and oxygen atoms in total. The second-order valence-electron chi connectivity index (χ2n) is 3.63. The summed E-state index contributed by atoms with van der Waals surface area (Å²) in [4.78, 5) is 4.29. The van der Waals surface area contributed by atoms with Crippen LogP contribution in [-0.2, 0) is 0 Å². The first-order chi connectivity index (χ1) is 7.04. The van der Waals surface area contributed by atoms with Gasteiger partial charge in [0.15, 0.2) is 0 Å². The maximum Gasteiger partial charge on any atom is 0.140 e. The molecule has 15 heavy (non-hydrogen) atoms. The molecule has 1 heterocycles. The van der Waals surface area contributed by atoms with Crippen LogP contribution in [0.1, 0.15) is 13.8 Å². The largest absolute Gasteiger partial charge is 0.366 e. The van der Waals surface area contributed by atoms with Crippen LogP contribution in [0, 0.1) is 5.92 Å². The molecule has 0 spiro atoms. The molecular weight excluding hydrogens is 322 g/mol. The third kappa shape index (κ3) is 3.74. The minimum Gasteiger partial charge on any atom is -0.366 e. The third-order valence-electron chi connectivity index (χ3n) is 2.40. The number of nitrogens with zero attached hydrogens (tertiary/aromatic N) is 1. The fourth-order valence-electron chi connectivity index (χ4n) is 1.08. The second kappa shape index (κ2) is 5.82. The van der Waals surface area contributed by atoms with E-state index in [2.05, 4.69) is 56.0 Å². The van der Waals surface area contributed by atoms with Gasteiger partial charge in [-0.3, -0.25) is 0 Å². The first kappa shape index (κ1) is 12.9. The first-order valence-corrected chi connectivity index (χ1v) is 6.40. The molecule has 2 atom stereocenters. The van der Waals surface area contributed by atoms with Crippen LogP contribution in [0.15, 0.2) is 21.2 Å². The van der Waals surface area contributed by atoms with E-state index in [1.165, 1.54) is 0 Å². The molecule has 1 aromatic heterocycles. The van der Waals surface area contributed by atoms with Crippen molar-refractivity contribution in [3.05, 3.63) is 21.2 Å². The Hall–Kier alpha value is -0.130. The van der Waals surface area contributed by atoms with E-state index in [1.54, 1.807) is 6.20 Å². The Kier molecular flexibility index (Phi) is 5.02. The third-order valence-corrected chi connectivity index (χ3v) is 3.44. The quantitative estimate of drug-likeness (QED) is 0.888. The zero-order valence-electron chi connectivity index (χ0n) is 8.80. The van der Waals surface area contributed by atoms with Crippen LogP contribution in [0.3, 0.4) is 0 Å². The number of hydrogen-bond acceptors (Lipinski definition) is 3. The average molecular weight is 337 g/mol. The predicted molar refractivity (Wildman–Crippen MR) is 70.9 cm³/mol. The number of nitrogens with one attached hydrogen (secondary N) is 1. The molecule has 0 amide bonds. The summed E-state index contributed by atoms with van der Waals surface area (Å²) in [6.07, 6.45) is 1.77. The summed E-state index contributed by atoms with van der Waals surface area (Å²) < 4.78 is 1.91. The van der Waals surface area contributed by atoms with Gasteiger partial charge in [-0.15, -0.1) is 0 Å². The molecule has 0 aromatic carbocycles. The Morgan fingerprint density at radius 3 is 2.67 bits per heavy atom. The lowest BCUT2D eigenvalue weighted by Gasteiger charge is -2.20. The summed E-state index contributed by atoms with van der Waals surface area (Å²) in [7, 11) is 0. The molecule has 0 aliphatic rings. The molecule has 0 saturated heterocycles. The molecular formula is C10H15Br2N3. The maximum absolute atomic E-state index is 5.61. The molecule has 0 fully saturated rings. The van der Waals surface area contributed by atoms with Crippen LogP contribution < -0.4 is 11.1 Å². The smallest absolute Gasteiger partial charge is 0.140 e. The SMILES string of the molecule is CC(CN)C(C)Nc1ncc(Br)cc1Br. The zero-order chi connectivity index (χ0) is 11.4. The fraction of sp³-hybridized carbons (Fsp3) is 0.500. The highest BCUT2D eigenvalue weighted by atomic mass is 79.9. The van der Waals surface area contributed by atoms with Gasteiger partial charge in [0.05, 0.1) is 4.47 Å². The van der Waals surface area contributed by atoms with Crippen molar-refractivity contribution >= 4 is 37.7 Å². The number of nitrogens with two attached hydrogens (primary N) is 1. The normalized spacial score (nSPS) is 14.7. The molecule has 0 bridgehead atoms. The Morgan fingerprint density at radius 2 is 2.13 bits per heavy atom. The van der Waals surface area contributed by atoms with Crippen LogP contribution in [-0.4, -0.2) is 17.6 Å². The lowest BCUT2D eigenvalue weighted by Crippen LogP contribution is -2.29. The Labute approximate surface area is 107 Å². The summed E-state index contributed by atoms with van der Waals surface area (Å²) in [6, 6.07) is 2.27. The van der Waals surface area contributed by atoms with Gasteiger partial charge in [0.1, 0.15) is 5.82 Å². The van der Waals surface area contributed by atoms with E-state index in [-0.39, 0.29) is 0 Å². The zero-order valence-corrected chi connectivity index (χ0v) is 12.0. The Morgan fingerprint density at radius 1 is 1.47 bits per heavy atom. The van der Waals surface area contributed by atoms with Gasteiger partial charge in [-0.2, -0.15) is 0 Å². The van der Waals surface area contributed by atoms with Gasteiger partial charge in [-0.25, -0.2) is 4.98 Å². The number of anilines is 1. The summed E-state index contributed by atoms with van der Waals surface area (Å²) in [6.45, 7) is 4.89. The van der Waals surface area contributed by atoms with Crippen molar-refractivity contribution in [3.63, 3.8) is 0 Å². The molecule has 1 aromatic rings. The van der Waals surface area contributed by atoms with Gasteiger partial charge >= 0.3 is 0 Å². The summed E-state index contributed by atoms with van der Waals surface area (Å²) in [5, 5.41) is 3.33. The van der Waals surface area contributed by atoms with E-state index in [1.807, 2.05) is 6.07 Å². The standard InChI is InChI=1S/C10H15Br2N3/c1-6(4-13)7(2)15-10-9(12)3-8(11)5-14-10/h3,5-7H,4,13H2,1-2H3,(H,14,15). The number of hydrogen-bond donors (Lipinski definition) is 2. The van der Waals surface area contributed by atoms with Gasteiger partial charge in [-0.05, 0) is 57.3 Å². The van der Waals surface area contributed by atoms with E-state index in [0.717, 1.165) is 14.8 Å². The summed E-state index contributed by atoms with van der Waals surface area (Å²) in [5.74, 6) is 1.27. The summed E-state index contributed by atoms with van der Waals surface area (Å²) >= 11 is 6.83. The van der Waals surface area contributed by atoms with Gasteiger partial charge in [0, 0.05) is 16.7 Å². The minimum atomic E-state index is 0.306. The molecule has 0 saturated carbocycles.